The molecule has 1 saturated carbocycles. The number of alkyl halides is 4. The molecule has 0 amide bonds. The zero-order chi connectivity index (χ0) is 20.5. The van der Waals surface area contributed by atoms with Gasteiger partial charge in [-0.3, -0.25) is 4.18 Å². The fraction of sp³-hybridized carbons (Fsp3) is 0.625. The smallest absolute Gasteiger partial charge is 0.273 e. The molecule has 0 radical (unpaired) electrons. The van der Waals surface area contributed by atoms with Crippen molar-refractivity contribution >= 4 is 20.0 Å². The van der Waals surface area contributed by atoms with Gasteiger partial charge in [0, 0.05) is 0 Å². The van der Waals surface area contributed by atoms with E-state index in [1.54, 1.807) is 0 Å². The lowest BCUT2D eigenvalue weighted by atomic mass is 9.83. The van der Waals surface area contributed by atoms with E-state index in [0.29, 0.717) is 6.07 Å². The van der Waals surface area contributed by atoms with Gasteiger partial charge < -0.3 is 0 Å². The standard InChI is InChI=1S/C16H20F4O5S2/c1-25-26(21,22)10-12-5-7-15(11-17,8-6-12)27(23,24)14-4-2-3-13(9-14)16(18,19)20/h2-4,9,12H,5-8,10-11H2,1H3. The summed E-state index contributed by atoms with van der Waals surface area (Å²) in [7, 11) is -7.11. The first-order valence-electron chi connectivity index (χ1n) is 8.13. The van der Waals surface area contributed by atoms with E-state index in [1.165, 1.54) is 0 Å². The number of hydrogen-bond acceptors (Lipinski definition) is 5. The van der Waals surface area contributed by atoms with Crippen LogP contribution in [0.2, 0.25) is 0 Å². The second-order valence-electron chi connectivity index (χ2n) is 6.68. The van der Waals surface area contributed by atoms with E-state index in [0.717, 1.165) is 25.3 Å². The van der Waals surface area contributed by atoms with E-state index in [4.69, 9.17) is 0 Å². The van der Waals surface area contributed by atoms with Gasteiger partial charge in [0.25, 0.3) is 10.1 Å². The van der Waals surface area contributed by atoms with Gasteiger partial charge in [0.05, 0.1) is 23.3 Å². The maximum Gasteiger partial charge on any atom is 0.416 e. The highest BCUT2D eigenvalue weighted by Gasteiger charge is 2.48. The van der Waals surface area contributed by atoms with Crippen molar-refractivity contribution in [3.05, 3.63) is 29.8 Å². The molecular formula is C16H20F4O5S2. The molecule has 0 spiro atoms. The highest BCUT2D eigenvalue weighted by molar-refractivity contribution is 7.93. The largest absolute Gasteiger partial charge is 0.416 e. The third kappa shape index (κ3) is 4.62. The average molecular weight is 432 g/mol. The fourth-order valence-corrected chi connectivity index (χ4v) is 6.29. The van der Waals surface area contributed by atoms with E-state index in [9.17, 15) is 34.4 Å². The van der Waals surface area contributed by atoms with Crippen molar-refractivity contribution in [1.29, 1.82) is 0 Å². The Labute approximate surface area is 155 Å². The van der Waals surface area contributed by atoms with Gasteiger partial charge in [0.2, 0.25) is 0 Å². The molecule has 0 unspecified atom stereocenters. The van der Waals surface area contributed by atoms with Gasteiger partial charge >= 0.3 is 6.18 Å². The quantitative estimate of drug-likeness (QED) is 0.509. The Balaban J connectivity index is 2.29. The van der Waals surface area contributed by atoms with E-state index >= 15 is 0 Å². The van der Waals surface area contributed by atoms with Crippen molar-refractivity contribution in [3.8, 4) is 0 Å². The third-order valence-corrected chi connectivity index (χ3v) is 8.91. The molecule has 0 aliphatic heterocycles. The van der Waals surface area contributed by atoms with Crippen LogP contribution in [0.15, 0.2) is 29.2 Å². The molecule has 0 N–H and O–H groups in total. The maximum absolute atomic E-state index is 13.8. The molecule has 154 valence electrons. The predicted octanol–water partition coefficient (Wildman–Crippen LogP) is 3.35. The Morgan fingerprint density at radius 3 is 2.22 bits per heavy atom. The number of hydrogen-bond donors (Lipinski definition) is 0. The van der Waals surface area contributed by atoms with Crippen LogP contribution in [-0.4, -0.2) is 41.1 Å². The molecule has 1 aliphatic rings. The van der Waals surface area contributed by atoms with Crippen LogP contribution in [0.25, 0.3) is 0 Å². The van der Waals surface area contributed by atoms with Gasteiger partial charge in [-0.2, -0.15) is 21.6 Å². The summed E-state index contributed by atoms with van der Waals surface area (Å²) in [5.41, 5.74) is -1.13. The lowest BCUT2D eigenvalue weighted by Crippen LogP contribution is -2.45. The Hall–Kier alpha value is -1.20. The summed E-state index contributed by atoms with van der Waals surface area (Å²) in [4.78, 5) is -0.585. The zero-order valence-corrected chi connectivity index (χ0v) is 16.1. The second kappa shape index (κ2) is 7.67. The molecule has 0 aromatic heterocycles. The highest BCUT2D eigenvalue weighted by atomic mass is 32.2. The molecule has 1 aromatic carbocycles. The Morgan fingerprint density at radius 2 is 1.74 bits per heavy atom. The SMILES string of the molecule is COS(=O)(=O)CC1CCC(CF)(S(=O)(=O)c2cccc(C(F)(F)F)c2)CC1. The van der Waals surface area contributed by atoms with Crippen molar-refractivity contribution in [3.63, 3.8) is 0 Å². The van der Waals surface area contributed by atoms with Crippen LogP contribution < -0.4 is 0 Å². The van der Waals surface area contributed by atoms with Gasteiger partial charge in [0.1, 0.15) is 11.4 Å². The minimum Gasteiger partial charge on any atom is -0.273 e. The molecule has 1 aromatic rings. The van der Waals surface area contributed by atoms with Crippen LogP contribution in [0.1, 0.15) is 31.2 Å². The fourth-order valence-electron chi connectivity index (χ4n) is 3.29. The van der Waals surface area contributed by atoms with Gasteiger partial charge in [-0.15, -0.1) is 0 Å². The number of halogens is 4. The van der Waals surface area contributed by atoms with Crippen molar-refractivity contribution in [2.75, 3.05) is 19.5 Å². The van der Waals surface area contributed by atoms with Crippen LogP contribution in [-0.2, 0) is 30.3 Å². The Kier molecular flexibility index (Phi) is 6.27. The predicted molar refractivity (Wildman–Crippen MR) is 90.1 cm³/mol. The summed E-state index contributed by atoms with van der Waals surface area (Å²) >= 11 is 0. The molecule has 0 bridgehead atoms. The number of benzene rings is 1. The molecule has 2 rings (SSSR count). The van der Waals surface area contributed by atoms with E-state index in [-0.39, 0.29) is 31.4 Å². The minimum atomic E-state index is -4.72. The van der Waals surface area contributed by atoms with Crippen molar-refractivity contribution in [2.45, 2.75) is 41.5 Å². The highest BCUT2D eigenvalue weighted by Crippen LogP contribution is 2.42. The Bertz CT molecular complexity index is 870. The topological polar surface area (TPSA) is 77.5 Å². The molecular weight excluding hydrogens is 412 g/mol. The monoisotopic (exact) mass is 432 g/mol. The lowest BCUT2D eigenvalue weighted by molar-refractivity contribution is -0.137. The average Bonchev–Trinajstić information content (AvgIpc) is 2.61. The van der Waals surface area contributed by atoms with Crippen LogP contribution in [0.5, 0.6) is 0 Å². The van der Waals surface area contributed by atoms with Crippen LogP contribution in [0, 0.1) is 5.92 Å². The van der Waals surface area contributed by atoms with Crippen molar-refractivity contribution in [2.24, 2.45) is 5.92 Å². The summed E-state index contributed by atoms with van der Waals surface area (Å²) in [5.74, 6) is -0.707. The van der Waals surface area contributed by atoms with Crippen LogP contribution in [0.4, 0.5) is 17.6 Å². The van der Waals surface area contributed by atoms with Gasteiger partial charge in [-0.1, -0.05) is 6.07 Å². The number of rotatable bonds is 6. The minimum absolute atomic E-state index is 0.116. The van der Waals surface area contributed by atoms with Gasteiger partial charge in [-0.05, 0) is 49.8 Å². The first kappa shape index (κ1) is 22.1. The zero-order valence-electron chi connectivity index (χ0n) is 14.5. The normalized spacial score (nSPS) is 24.7. The molecule has 1 aliphatic carbocycles. The van der Waals surface area contributed by atoms with E-state index in [1.807, 2.05) is 0 Å². The first-order chi connectivity index (χ1) is 12.4. The summed E-state index contributed by atoms with van der Waals surface area (Å²) < 4.78 is 104. The summed E-state index contributed by atoms with van der Waals surface area (Å²) in [6.07, 6.45) is -4.84. The maximum atomic E-state index is 13.8. The number of sulfone groups is 1. The molecule has 11 heteroatoms. The van der Waals surface area contributed by atoms with Crippen molar-refractivity contribution in [1.82, 2.24) is 0 Å². The summed E-state index contributed by atoms with van der Waals surface area (Å²) in [6.45, 7) is -1.25. The third-order valence-electron chi connectivity index (χ3n) is 5.00. The molecule has 0 atom stereocenters. The van der Waals surface area contributed by atoms with Crippen LogP contribution in [0.3, 0.4) is 0 Å². The molecule has 0 heterocycles. The Morgan fingerprint density at radius 1 is 1.15 bits per heavy atom. The lowest BCUT2D eigenvalue weighted by Gasteiger charge is -2.37. The van der Waals surface area contributed by atoms with Crippen molar-refractivity contribution < 1.29 is 38.6 Å². The molecule has 1 fully saturated rings. The van der Waals surface area contributed by atoms with Gasteiger partial charge in [0.15, 0.2) is 9.84 Å². The summed E-state index contributed by atoms with van der Waals surface area (Å²) in [5, 5.41) is 0. The van der Waals surface area contributed by atoms with E-state index < -0.39 is 53.9 Å². The molecule has 5 nitrogen and oxygen atoms in total. The first-order valence-corrected chi connectivity index (χ1v) is 11.2. The summed E-state index contributed by atoms with van der Waals surface area (Å²) in [6, 6.07) is 3.24. The molecule has 0 saturated heterocycles. The van der Waals surface area contributed by atoms with Gasteiger partial charge in [-0.25, -0.2) is 12.8 Å². The second-order valence-corrected chi connectivity index (χ2v) is 10.8. The molecule has 27 heavy (non-hydrogen) atoms. The van der Waals surface area contributed by atoms with Crippen LogP contribution >= 0.6 is 0 Å². The van der Waals surface area contributed by atoms with E-state index in [2.05, 4.69) is 4.18 Å².